The van der Waals surface area contributed by atoms with E-state index in [1.165, 1.54) is 0 Å². The Kier molecular flexibility index (Phi) is 3.58. The molecule has 0 aliphatic carbocycles. The van der Waals surface area contributed by atoms with Crippen LogP contribution in [0, 0.1) is 0 Å². The summed E-state index contributed by atoms with van der Waals surface area (Å²) < 4.78 is 6.58. The molecule has 0 radical (unpaired) electrons. The molecule has 0 aliphatic heterocycles. The third kappa shape index (κ3) is 2.08. The van der Waals surface area contributed by atoms with Gasteiger partial charge >= 0.3 is 0 Å². The minimum atomic E-state index is -0.546. The Hall–Kier alpha value is -1.43. The summed E-state index contributed by atoms with van der Waals surface area (Å²) in [5, 5.41) is 7.54. The molecule has 0 spiro atoms. The van der Waals surface area contributed by atoms with Crippen molar-refractivity contribution in [1.82, 2.24) is 15.0 Å². The predicted octanol–water partition coefficient (Wildman–Crippen LogP) is -0.414. The van der Waals surface area contributed by atoms with Gasteiger partial charge < -0.3 is 10.5 Å². The van der Waals surface area contributed by atoms with Crippen LogP contribution in [0.3, 0.4) is 0 Å². The van der Waals surface area contributed by atoms with Gasteiger partial charge in [-0.25, -0.2) is 4.68 Å². The van der Waals surface area contributed by atoms with Crippen molar-refractivity contribution >= 4 is 5.91 Å². The number of aryl methyl sites for hydroxylation is 1. The Balaban J connectivity index is 2.93. The molecule has 6 nitrogen and oxygen atoms in total. The third-order valence-corrected chi connectivity index (χ3v) is 1.91. The number of hydrogen-bond donors (Lipinski definition) is 1. The highest BCUT2D eigenvalue weighted by Gasteiger charge is 2.15. The quantitative estimate of drug-likeness (QED) is 0.696. The van der Waals surface area contributed by atoms with Gasteiger partial charge in [-0.2, -0.15) is 0 Å². The zero-order chi connectivity index (χ0) is 10.6. The number of nitrogens with zero attached hydrogens (tertiary/aromatic N) is 3. The molecular weight excluding hydrogens is 184 g/mol. The average molecular weight is 198 g/mol. The van der Waals surface area contributed by atoms with E-state index in [9.17, 15) is 4.79 Å². The molecule has 1 aromatic heterocycles. The van der Waals surface area contributed by atoms with Gasteiger partial charge in [0.15, 0.2) is 5.69 Å². The maximum absolute atomic E-state index is 11.0. The van der Waals surface area contributed by atoms with E-state index in [0.29, 0.717) is 19.6 Å². The van der Waals surface area contributed by atoms with E-state index < -0.39 is 5.91 Å². The van der Waals surface area contributed by atoms with Gasteiger partial charge in [-0.15, -0.1) is 5.10 Å². The van der Waals surface area contributed by atoms with Crippen molar-refractivity contribution in [2.24, 2.45) is 5.73 Å². The van der Waals surface area contributed by atoms with Crippen molar-refractivity contribution in [2.45, 2.75) is 19.9 Å². The van der Waals surface area contributed by atoms with Crippen molar-refractivity contribution < 1.29 is 9.53 Å². The molecule has 0 saturated carbocycles. The zero-order valence-corrected chi connectivity index (χ0v) is 8.36. The number of nitrogens with two attached hydrogens (primary N) is 1. The number of carbonyl (C=O) groups excluding carboxylic acids is 1. The molecule has 0 atom stereocenters. The van der Waals surface area contributed by atoms with E-state index in [1.807, 2.05) is 6.92 Å². The second kappa shape index (κ2) is 4.71. The van der Waals surface area contributed by atoms with Crippen LogP contribution in [-0.4, -0.2) is 34.6 Å². The van der Waals surface area contributed by atoms with Crippen LogP contribution in [0.1, 0.15) is 23.1 Å². The Morgan fingerprint density at radius 1 is 1.64 bits per heavy atom. The summed E-state index contributed by atoms with van der Waals surface area (Å²) in [5.74, 6) is -0.546. The fourth-order valence-electron chi connectivity index (χ4n) is 1.22. The van der Waals surface area contributed by atoms with Gasteiger partial charge in [-0.05, 0) is 6.92 Å². The van der Waals surface area contributed by atoms with Crippen LogP contribution < -0.4 is 5.73 Å². The normalized spacial score (nSPS) is 10.4. The molecule has 1 aromatic rings. The number of rotatable bonds is 5. The van der Waals surface area contributed by atoms with Crippen LogP contribution in [0.2, 0.25) is 0 Å². The fourth-order valence-corrected chi connectivity index (χ4v) is 1.22. The lowest BCUT2D eigenvalue weighted by Crippen LogP contribution is -2.16. The van der Waals surface area contributed by atoms with Crippen molar-refractivity contribution in [3.63, 3.8) is 0 Å². The summed E-state index contributed by atoms with van der Waals surface area (Å²) in [7, 11) is 1.60. The summed E-state index contributed by atoms with van der Waals surface area (Å²) in [6.07, 6.45) is 0.593. The summed E-state index contributed by atoms with van der Waals surface area (Å²) >= 11 is 0. The second-order valence-electron chi connectivity index (χ2n) is 2.81. The van der Waals surface area contributed by atoms with Gasteiger partial charge in [0.1, 0.15) is 0 Å². The average Bonchev–Trinajstić information content (AvgIpc) is 2.57. The monoisotopic (exact) mass is 198 g/mol. The van der Waals surface area contributed by atoms with E-state index in [-0.39, 0.29) is 5.69 Å². The Morgan fingerprint density at radius 3 is 2.86 bits per heavy atom. The molecule has 0 bridgehead atoms. The molecule has 78 valence electrons. The second-order valence-corrected chi connectivity index (χ2v) is 2.81. The molecule has 0 aliphatic rings. The molecule has 0 saturated heterocycles. The van der Waals surface area contributed by atoms with Crippen LogP contribution in [-0.2, 0) is 17.7 Å². The molecule has 0 fully saturated rings. The van der Waals surface area contributed by atoms with Gasteiger partial charge in [-0.1, -0.05) is 5.21 Å². The fraction of sp³-hybridized carbons (Fsp3) is 0.625. The summed E-state index contributed by atoms with van der Waals surface area (Å²) in [5.41, 5.74) is 6.14. The predicted molar refractivity (Wildman–Crippen MR) is 49.8 cm³/mol. The molecule has 0 aromatic carbocycles. The lowest BCUT2D eigenvalue weighted by molar-refractivity contribution is 0.0994. The molecule has 2 N–H and O–H groups in total. The summed E-state index contributed by atoms with van der Waals surface area (Å²) in [6, 6.07) is 0. The number of primary amides is 1. The summed E-state index contributed by atoms with van der Waals surface area (Å²) in [6.45, 7) is 3.11. The smallest absolute Gasteiger partial charge is 0.271 e. The minimum absolute atomic E-state index is 0.240. The van der Waals surface area contributed by atoms with Crippen LogP contribution in [0.5, 0.6) is 0 Å². The first-order chi connectivity index (χ1) is 6.70. The molecule has 1 heterocycles. The largest absolute Gasteiger partial charge is 0.384 e. The van der Waals surface area contributed by atoms with Crippen molar-refractivity contribution in [3.05, 3.63) is 11.4 Å². The first-order valence-electron chi connectivity index (χ1n) is 4.41. The standard InChI is InChI=1S/C8H14N4O2/c1-3-12-6(4-5-14-2)7(8(9)13)10-11-12/h3-5H2,1-2H3,(H2,9,13). The van der Waals surface area contributed by atoms with Crippen LogP contribution in [0.15, 0.2) is 0 Å². The molecule has 1 rings (SSSR count). The Labute approximate surface area is 82.0 Å². The Morgan fingerprint density at radius 2 is 2.36 bits per heavy atom. The van der Waals surface area contributed by atoms with Gasteiger partial charge in [-0.3, -0.25) is 4.79 Å². The van der Waals surface area contributed by atoms with Crippen molar-refractivity contribution in [1.29, 1.82) is 0 Å². The van der Waals surface area contributed by atoms with E-state index in [1.54, 1.807) is 11.8 Å². The van der Waals surface area contributed by atoms with Gasteiger partial charge in [0.2, 0.25) is 0 Å². The topological polar surface area (TPSA) is 83.0 Å². The lowest BCUT2D eigenvalue weighted by Gasteiger charge is -2.03. The Bertz CT molecular complexity index is 321. The van der Waals surface area contributed by atoms with Gasteiger partial charge in [0, 0.05) is 20.1 Å². The van der Waals surface area contributed by atoms with Crippen LogP contribution in [0.25, 0.3) is 0 Å². The molecule has 1 amide bonds. The van der Waals surface area contributed by atoms with E-state index in [4.69, 9.17) is 10.5 Å². The number of aromatic nitrogens is 3. The van der Waals surface area contributed by atoms with Crippen LogP contribution in [0.4, 0.5) is 0 Å². The molecular formula is C8H14N4O2. The maximum atomic E-state index is 11.0. The summed E-state index contributed by atoms with van der Waals surface area (Å²) in [4.78, 5) is 11.0. The highest BCUT2D eigenvalue weighted by molar-refractivity contribution is 5.91. The lowest BCUT2D eigenvalue weighted by atomic mass is 10.2. The number of hydrogen-bond acceptors (Lipinski definition) is 4. The highest BCUT2D eigenvalue weighted by Crippen LogP contribution is 2.05. The van der Waals surface area contributed by atoms with E-state index in [2.05, 4.69) is 10.3 Å². The molecule has 0 unspecified atom stereocenters. The van der Waals surface area contributed by atoms with E-state index in [0.717, 1.165) is 5.69 Å². The van der Waals surface area contributed by atoms with Gasteiger partial charge in [0.25, 0.3) is 5.91 Å². The molecule has 14 heavy (non-hydrogen) atoms. The number of ether oxygens (including phenoxy) is 1. The van der Waals surface area contributed by atoms with Crippen molar-refractivity contribution in [2.75, 3.05) is 13.7 Å². The van der Waals surface area contributed by atoms with Crippen LogP contribution >= 0.6 is 0 Å². The third-order valence-electron chi connectivity index (χ3n) is 1.91. The number of carbonyl (C=O) groups is 1. The first kappa shape index (κ1) is 10.6. The number of methoxy groups -OCH3 is 1. The van der Waals surface area contributed by atoms with Crippen molar-refractivity contribution in [3.8, 4) is 0 Å². The van der Waals surface area contributed by atoms with E-state index >= 15 is 0 Å². The van der Waals surface area contributed by atoms with Gasteiger partial charge in [0.05, 0.1) is 12.3 Å². The minimum Gasteiger partial charge on any atom is -0.384 e. The SMILES string of the molecule is CCn1nnc(C(N)=O)c1CCOC. The molecule has 6 heteroatoms. The maximum Gasteiger partial charge on any atom is 0.271 e. The zero-order valence-electron chi connectivity index (χ0n) is 8.36. The number of amides is 1. The first-order valence-corrected chi connectivity index (χ1v) is 4.41. The highest BCUT2D eigenvalue weighted by atomic mass is 16.5.